The summed E-state index contributed by atoms with van der Waals surface area (Å²) in [7, 11) is 0. The molecule has 0 aliphatic carbocycles. The molecule has 202 valence electrons. The molecule has 9 heteroatoms. The van der Waals surface area contributed by atoms with Gasteiger partial charge in [-0.2, -0.15) is 0 Å². The number of para-hydroxylation sites is 1. The van der Waals surface area contributed by atoms with Crippen LogP contribution in [0.5, 0.6) is 0 Å². The highest BCUT2D eigenvalue weighted by Gasteiger charge is 2.33. The number of hydrogen-bond donors (Lipinski definition) is 2. The Kier molecular flexibility index (Phi) is 8.70. The molecule has 0 saturated heterocycles. The average molecular weight is 527 g/mol. The number of nitrogens with one attached hydrogen (secondary N) is 2. The Balaban J connectivity index is 1.76. The van der Waals surface area contributed by atoms with E-state index in [-0.39, 0.29) is 24.3 Å². The van der Waals surface area contributed by atoms with Gasteiger partial charge in [-0.05, 0) is 61.2 Å². The predicted octanol–water partition coefficient (Wildman–Crippen LogP) is 4.63. The second-order valence-corrected chi connectivity index (χ2v) is 10.0. The van der Waals surface area contributed by atoms with Crippen molar-refractivity contribution in [3.8, 4) is 0 Å². The van der Waals surface area contributed by atoms with Crippen molar-refractivity contribution in [2.45, 2.75) is 46.7 Å². The van der Waals surface area contributed by atoms with Crippen molar-refractivity contribution < 1.29 is 14.4 Å². The fourth-order valence-electron chi connectivity index (χ4n) is 4.33. The van der Waals surface area contributed by atoms with E-state index in [1.165, 1.54) is 11.8 Å². The largest absolute Gasteiger partial charge is 0.354 e. The van der Waals surface area contributed by atoms with Crippen LogP contribution in [0.2, 0.25) is 0 Å². The predicted molar refractivity (Wildman–Crippen MR) is 152 cm³/mol. The van der Waals surface area contributed by atoms with Gasteiger partial charge in [0.25, 0.3) is 0 Å². The number of rotatable bonds is 10. The Hall–Kier alpha value is -4.53. The summed E-state index contributed by atoms with van der Waals surface area (Å²) < 4.78 is 1.54. The maximum atomic E-state index is 14.1. The van der Waals surface area contributed by atoms with Crippen molar-refractivity contribution >= 4 is 40.1 Å². The minimum atomic E-state index is -0.924. The van der Waals surface area contributed by atoms with E-state index in [0.29, 0.717) is 34.9 Å². The molecule has 1 aromatic heterocycles. The second-order valence-electron chi connectivity index (χ2n) is 10.0. The number of anilines is 2. The SMILES string of the molecule is CC(=O)Nc1ccc(N(C(=O)Cn2nnc3ccccc32)[C@H](C(=O)NCCC(C)C)c2ccc(C)cc2)cc1. The smallest absolute Gasteiger partial charge is 0.249 e. The molecule has 0 aliphatic rings. The van der Waals surface area contributed by atoms with Gasteiger partial charge in [0.05, 0.1) is 5.52 Å². The van der Waals surface area contributed by atoms with Gasteiger partial charge in [0.15, 0.2) is 0 Å². The molecule has 1 atom stereocenters. The first-order valence-electron chi connectivity index (χ1n) is 13.0. The Morgan fingerprint density at radius 1 is 0.949 bits per heavy atom. The number of carbonyl (C=O) groups excluding carboxylic acids is 3. The molecule has 2 N–H and O–H groups in total. The highest BCUT2D eigenvalue weighted by Crippen LogP contribution is 2.30. The van der Waals surface area contributed by atoms with E-state index in [2.05, 4.69) is 34.8 Å². The van der Waals surface area contributed by atoms with Crippen LogP contribution in [-0.2, 0) is 20.9 Å². The number of hydrogen-bond acceptors (Lipinski definition) is 5. The van der Waals surface area contributed by atoms with Gasteiger partial charge in [-0.3, -0.25) is 19.3 Å². The minimum absolute atomic E-state index is 0.115. The molecular formula is C30H34N6O3. The van der Waals surface area contributed by atoms with Crippen molar-refractivity contribution in [2.24, 2.45) is 5.92 Å². The van der Waals surface area contributed by atoms with Crippen LogP contribution in [0.25, 0.3) is 11.0 Å². The zero-order valence-corrected chi connectivity index (χ0v) is 22.7. The van der Waals surface area contributed by atoms with Crippen molar-refractivity contribution in [1.82, 2.24) is 20.3 Å². The van der Waals surface area contributed by atoms with Crippen LogP contribution < -0.4 is 15.5 Å². The number of carbonyl (C=O) groups is 3. The van der Waals surface area contributed by atoms with E-state index >= 15 is 0 Å². The van der Waals surface area contributed by atoms with Gasteiger partial charge in [-0.25, -0.2) is 4.68 Å². The summed E-state index contributed by atoms with van der Waals surface area (Å²) in [5, 5.41) is 14.1. The summed E-state index contributed by atoms with van der Waals surface area (Å²) in [6, 6.07) is 21.0. The van der Waals surface area contributed by atoms with Crippen molar-refractivity contribution in [2.75, 3.05) is 16.8 Å². The third-order valence-electron chi connectivity index (χ3n) is 6.36. The number of amides is 3. The molecule has 3 amide bonds. The fraction of sp³-hybridized carbons (Fsp3) is 0.300. The third kappa shape index (κ3) is 6.87. The van der Waals surface area contributed by atoms with Gasteiger partial charge in [0.1, 0.15) is 18.1 Å². The van der Waals surface area contributed by atoms with Gasteiger partial charge in [0.2, 0.25) is 17.7 Å². The van der Waals surface area contributed by atoms with Gasteiger partial charge >= 0.3 is 0 Å². The Morgan fingerprint density at radius 2 is 1.64 bits per heavy atom. The fourth-order valence-corrected chi connectivity index (χ4v) is 4.33. The van der Waals surface area contributed by atoms with E-state index in [1.807, 2.05) is 55.5 Å². The van der Waals surface area contributed by atoms with Gasteiger partial charge in [-0.1, -0.05) is 61.0 Å². The molecule has 0 fully saturated rings. The zero-order valence-electron chi connectivity index (χ0n) is 22.7. The first kappa shape index (κ1) is 27.5. The molecule has 0 aliphatic heterocycles. The molecule has 39 heavy (non-hydrogen) atoms. The molecule has 1 heterocycles. The molecule has 0 unspecified atom stereocenters. The molecule has 0 radical (unpaired) electrons. The summed E-state index contributed by atoms with van der Waals surface area (Å²) in [4.78, 5) is 40.9. The van der Waals surface area contributed by atoms with E-state index in [4.69, 9.17) is 0 Å². The van der Waals surface area contributed by atoms with Crippen LogP contribution in [-0.4, -0.2) is 39.3 Å². The van der Waals surface area contributed by atoms with Crippen LogP contribution in [0.15, 0.2) is 72.8 Å². The van der Waals surface area contributed by atoms with Crippen molar-refractivity contribution in [1.29, 1.82) is 0 Å². The lowest BCUT2D eigenvalue weighted by Gasteiger charge is -2.32. The Morgan fingerprint density at radius 3 is 2.31 bits per heavy atom. The van der Waals surface area contributed by atoms with E-state index in [0.717, 1.165) is 17.5 Å². The second kappa shape index (κ2) is 12.3. The first-order chi connectivity index (χ1) is 18.7. The van der Waals surface area contributed by atoms with Crippen LogP contribution in [0, 0.1) is 12.8 Å². The molecule has 0 saturated carbocycles. The van der Waals surface area contributed by atoms with E-state index in [9.17, 15) is 14.4 Å². The Labute approximate surface area is 228 Å². The maximum Gasteiger partial charge on any atom is 0.249 e. The summed E-state index contributed by atoms with van der Waals surface area (Å²) in [5.74, 6) is -0.386. The number of fused-ring (bicyclic) bond motifs is 1. The lowest BCUT2D eigenvalue weighted by atomic mass is 10.0. The van der Waals surface area contributed by atoms with E-state index in [1.54, 1.807) is 28.9 Å². The number of benzene rings is 3. The highest BCUT2D eigenvalue weighted by atomic mass is 16.2. The minimum Gasteiger partial charge on any atom is -0.354 e. The lowest BCUT2D eigenvalue weighted by Crippen LogP contribution is -2.45. The van der Waals surface area contributed by atoms with E-state index < -0.39 is 6.04 Å². The van der Waals surface area contributed by atoms with Crippen LogP contribution in [0.1, 0.15) is 44.4 Å². The third-order valence-corrected chi connectivity index (χ3v) is 6.36. The molecule has 0 bridgehead atoms. The van der Waals surface area contributed by atoms with Crippen molar-refractivity contribution in [3.05, 3.63) is 83.9 Å². The summed E-state index contributed by atoms with van der Waals surface area (Å²) in [6.45, 7) is 7.98. The monoisotopic (exact) mass is 526 g/mol. The van der Waals surface area contributed by atoms with Crippen molar-refractivity contribution in [3.63, 3.8) is 0 Å². The summed E-state index contributed by atoms with van der Waals surface area (Å²) in [6.07, 6.45) is 0.816. The molecular weight excluding hydrogens is 492 g/mol. The molecule has 0 spiro atoms. The van der Waals surface area contributed by atoms with Gasteiger partial charge < -0.3 is 10.6 Å². The van der Waals surface area contributed by atoms with Gasteiger partial charge in [-0.15, -0.1) is 5.10 Å². The lowest BCUT2D eigenvalue weighted by molar-refractivity contribution is -0.127. The Bertz CT molecular complexity index is 1440. The number of aryl methyl sites for hydroxylation is 1. The molecule has 4 aromatic rings. The molecule has 9 nitrogen and oxygen atoms in total. The standard InChI is InChI=1S/C30H34N6O3/c1-20(2)17-18-31-30(39)29(23-11-9-21(3)10-12-23)36(25-15-13-24(14-16-25)32-22(4)37)28(38)19-35-27-8-6-5-7-26(27)33-34-35/h5-16,20,29H,17-19H2,1-4H3,(H,31,39)(H,32,37)/t29-/m0/s1. The van der Waals surface area contributed by atoms with Crippen LogP contribution >= 0.6 is 0 Å². The normalized spacial score (nSPS) is 11.8. The molecule has 3 aromatic carbocycles. The highest BCUT2D eigenvalue weighted by molar-refractivity contribution is 6.02. The van der Waals surface area contributed by atoms with Crippen LogP contribution in [0.3, 0.4) is 0 Å². The molecule has 4 rings (SSSR count). The van der Waals surface area contributed by atoms with Crippen LogP contribution in [0.4, 0.5) is 11.4 Å². The number of nitrogens with zero attached hydrogens (tertiary/aromatic N) is 4. The maximum absolute atomic E-state index is 14.1. The quantitative estimate of drug-likeness (QED) is 0.313. The first-order valence-corrected chi connectivity index (χ1v) is 13.0. The summed E-state index contributed by atoms with van der Waals surface area (Å²) >= 11 is 0. The zero-order chi connectivity index (χ0) is 27.9. The topological polar surface area (TPSA) is 109 Å². The number of aromatic nitrogens is 3. The average Bonchev–Trinajstić information content (AvgIpc) is 3.30. The summed E-state index contributed by atoms with van der Waals surface area (Å²) in [5.41, 5.74) is 4.24. The van der Waals surface area contributed by atoms with Gasteiger partial charge in [0, 0.05) is 24.8 Å².